The second-order valence-corrected chi connectivity index (χ2v) is 8.04. The highest BCUT2D eigenvalue weighted by Gasteiger charge is 2.59. The predicted molar refractivity (Wildman–Crippen MR) is 109 cm³/mol. The molecule has 1 aromatic carbocycles. The molecular formula is C21H17ClF4N4O3. The first-order valence-corrected chi connectivity index (χ1v) is 10.00. The Morgan fingerprint density at radius 2 is 1.88 bits per heavy atom. The van der Waals surface area contributed by atoms with E-state index in [9.17, 15) is 31.9 Å². The van der Waals surface area contributed by atoms with E-state index in [0.29, 0.717) is 0 Å². The standard InChI is InChI=1S/C21H17ClF4N4O3/c1-10-14(17(31)19(33)29-20(6-3-7-20)21(24,25)26)15(22)16(30(10)2)18(32)28-12-4-5-13(23)11(8-12)9-27/h4-5,8H,3,6-7H2,1-2H3,(H,28,32)(H,29,33). The van der Waals surface area contributed by atoms with Crippen LogP contribution in [0.15, 0.2) is 18.2 Å². The molecular weight excluding hydrogens is 468 g/mol. The molecule has 1 aliphatic rings. The smallest absolute Gasteiger partial charge is 0.342 e. The van der Waals surface area contributed by atoms with Crippen LogP contribution >= 0.6 is 11.6 Å². The molecule has 12 heteroatoms. The van der Waals surface area contributed by atoms with E-state index in [1.165, 1.54) is 24.6 Å². The molecule has 0 aliphatic heterocycles. The topological polar surface area (TPSA) is 104 Å². The van der Waals surface area contributed by atoms with Gasteiger partial charge in [0.15, 0.2) is 0 Å². The van der Waals surface area contributed by atoms with E-state index >= 15 is 0 Å². The summed E-state index contributed by atoms with van der Waals surface area (Å²) in [5, 5.41) is 12.7. The summed E-state index contributed by atoms with van der Waals surface area (Å²) in [5.74, 6) is -4.42. The van der Waals surface area contributed by atoms with Gasteiger partial charge in [-0.2, -0.15) is 18.4 Å². The van der Waals surface area contributed by atoms with Crippen LogP contribution < -0.4 is 10.6 Å². The number of hydrogen-bond acceptors (Lipinski definition) is 4. The third-order valence-electron chi connectivity index (χ3n) is 5.72. The number of rotatable bonds is 5. The number of Topliss-reactive ketones (excluding diaryl/α,β-unsaturated/α-hetero) is 1. The largest absolute Gasteiger partial charge is 0.411 e. The molecule has 0 unspecified atom stereocenters. The number of carbonyl (C=O) groups is 3. The summed E-state index contributed by atoms with van der Waals surface area (Å²) in [6, 6.07) is 4.89. The zero-order valence-corrected chi connectivity index (χ0v) is 18.1. The van der Waals surface area contributed by atoms with Crippen molar-refractivity contribution < 1.29 is 31.9 Å². The van der Waals surface area contributed by atoms with Crippen molar-refractivity contribution in [2.24, 2.45) is 7.05 Å². The first-order valence-electron chi connectivity index (χ1n) is 9.62. The van der Waals surface area contributed by atoms with Crippen molar-refractivity contribution in [1.82, 2.24) is 9.88 Å². The van der Waals surface area contributed by atoms with Gasteiger partial charge in [0.25, 0.3) is 17.6 Å². The van der Waals surface area contributed by atoms with E-state index in [0.717, 1.165) is 12.1 Å². The lowest BCUT2D eigenvalue weighted by molar-refractivity contribution is -0.218. The maximum Gasteiger partial charge on any atom is 0.411 e. The summed E-state index contributed by atoms with van der Waals surface area (Å²) in [5.41, 5.74) is -3.29. The molecule has 1 aromatic heterocycles. The second-order valence-electron chi connectivity index (χ2n) is 7.66. The first kappa shape index (κ1) is 24.3. The Morgan fingerprint density at radius 1 is 1.24 bits per heavy atom. The third kappa shape index (κ3) is 4.18. The van der Waals surface area contributed by atoms with Gasteiger partial charge in [-0.25, -0.2) is 4.39 Å². The highest BCUT2D eigenvalue weighted by atomic mass is 35.5. The maximum absolute atomic E-state index is 13.5. The summed E-state index contributed by atoms with van der Waals surface area (Å²) in [6.45, 7) is 1.37. The van der Waals surface area contributed by atoms with Crippen molar-refractivity contribution in [2.45, 2.75) is 37.9 Å². The Kier molecular flexibility index (Phi) is 6.26. The average Bonchev–Trinajstić information content (AvgIpc) is 2.92. The van der Waals surface area contributed by atoms with Gasteiger partial charge in [-0.15, -0.1) is 0 Å². The fourth-order valence-corrected chi connectivity index (χ4v) is 3.99. The van der Waals surface area contributed by atoms with Gasteiger partial charge in [0.1, 0.15) is 23.1 Å². The number of hydrogen-bond donors (Lipinski definition) is 2. The molecule has 1 fully saturated rings. The summed E-state index contributed by atoms with van der Waals surface area (Å²) >= 11 is 6.21. The van der Waals surface area contributed by atoms with E-state index in [2.05, 4.69) is 5.32 Å². The Bertz CT molecular complexity index is 1210. The lowest BCUT2D eigenvalue weighted by Gasteiger charge is -2.43. The van der Waals surface area contributed by atoms with Crippen molar-refractivity contribution in [3.63, 3.8) is 0 Å². The number of anilines is 1. The van der Waals surface area contributed by atoms with Crippen LogP contribution in [0.25, 0.3) is 0 Å². The Balaban J connectivity index is 1.89. The molecule has 0 saturated heterocycles. The molecule has 1 aliphatic carbocycles. The van der Waals surface area contributed by atoms with Gasteiger partial charge in [0.2, 0.25) is 0 Å². The average molecular weight is 485 g/mol. The van der Waals surface area contributed by atoms with Gasteiger partial charge >= 0.3 is 6.18 Å². The van der Waals surface area contributed by atoms with Crippen LogP contribution in [0.3, 0.4) is 0 Å². The van der Waals surface area contributed by atoms with E-state index in [1.807, 2.05) is 0 Å². The number of nitrogens with one attached hydrogen (secondary N) is 2. The van der Waals surface area contributed by atoms with Gasteiger partial charge in [-0.05, 0) is 44.4 Å². The number of halogens is 5. The molecule has 0 radical (unpaired) electrons. The summed E-state index contributed by atoms with van der Waals surface area (Å²) < 4.78 is 54.7. The van der Waals surface area contributed by atoms with Crippen LogP contribution in [-0.4, -0.2) is 33.9 Å². The van der Waals surface area contributed by atoms with Crippen LogP contribution in [0, 0.1) is 24.1 Å². The number of benzene rings is 1. The quantitative estimate of drug-likeness (QED) is 0.380. The van der Waals surface area contributed by atoms with Gasteiger partial charge in [0.05, 0.1) is 16.1 Å². The van der Waals surface area contributed by atoms with E-state index in [-0.39, 0.29) is 41.9 Å². The number of amides is 2. The van der Waals surface area contributed by atoms with Crippen LogP contribution in [-0.2, 0) is 11.8 Å². The normalized spacial score (nSPS) is 14.7. The molecule has 0 spiro atoms. The zero-order chi connectivity index (χ0) is 24.7. The summed E-state index contributed by atoms with van der Waals surface area (Å²) in [4.78, 5) is 37.9. The highest BCUT2D eigenvalue weighted by molar-refractivity contribution is 6.48. The molecule has 7 nitrogen and oxygen atoms in total. The summed E-state index contributed by atoms with van der Waals surface area (Å²) in [7, 11) is 1.37. The highest BCUT2D eigenvalue weighted by Crippen LogP contribution is 2.45. The van der Waals surface area contributed by atoms with E-state index in [1.54, 1.807) is 11.4 Å². The van der Waals surface area contributed by atoms with Crippen LogP contribution in [0.2, 0.25) is 5.02 Å². The monoisotopic (exact) mass is 484 g/mol. The molecule has 174 valence electrons. The number of alkyl halides is 3. The number of nitriles is 1. The number of carbonyl (C=O) groups excluding carboxylic acids is 3. The van der Waals surface area contributed by atoms with Crippen molar-refractivity contribution >= 4 is 34.9 Å². The number of aromatic nitrogens is 1. The zero-order valence-electron chi connectivity index (χ0n) is 17.4. The van der Waals surface area contributed by atoms with Gasteiger partial charge in [0, 0.05) is 18.4 Å². The lowest BCUT2D eigenvalue weighted by atomic mass is 9.76. The Morgan fingerprint density at radius 3 is 2.39 bits per heavy atom. The molecule has 0 atom stereocenters. The Hall–Kier alpha value is -3.39. The summed E-state index contributed by atoms with van der Waals surface area (Å²) in [6.07, 6.45) is -5.15. The SMILES string of the molecule is Cc1c(C(=O)C(=O)NC2(C(F)(F)F)CCC2)c(Cl)c(C(=O)Nc2ccc(F)c(C#N)c2)n1C. The van der Waals surface area contributed by atoms with Crippen molar-refractivity contribution in [3.05, 3.63) is 51.6 Å². The van der Waals surface area contributed by atoms with Crippen LogP contribution in [0.1, 0.15) is 51.4 Å². The van der Waals surface area contributed by atoms with Gasteiger partial charge in [-0.3, -0.25) is 14.4 Å². The van der Waals surface area contributed by atoms with E-state index < -0.39 is 45.7 Å². The third-order valence-corrected chi connectivity index (χ3v) is 6.09. The lowest BCUT2D eigenvalue weighted by Crippen LogP contribution is -2.64. The van der Waals surface area contributed by atoms with Gasteiger partial charge < -0.3 is 15.2 Å². The molecule has 0 bridgehead atoms. The minimum atomic E-state index is -4.72. The second kappa shape index (κ2) is 8.51. The molecule has 1 heterocycles. The minimum absolute atomic E-state index is 0.0654. The Labute approximate surface area is 190 Å². The number of ketones is 1. The van der Waals surface area contributed by atoms with Crippen LogP contribution in [0.4, 0.5) is 23.2 Å². The minimum Gasteiger partial charge on any atom is -0.342 e. The maximum atomic E-state index is 13.5. The molecule has 2 amide bonds. The molecule has 3 rings (SSSR count). The van der Waals surface area contributed by atoms with Crippen molar-refractivity contribution in [3.8, 4) is 6.07 Å². The molecule has 2 aromatic rings. The first-order chi connectivity index (χ1) is 15.3. The van der Waals surface area contributed by atoms with Crippen molar-refractivity contribution in [1.29, 1.82) is 5.26 Å². The van der Waals surface area contributed by atoms with E-state index in [4.69, 9.17) is 16.9 Å². The van der Waals surface area contributed by atoms with Gasteiger partial charge in [-0.1, -0.05) is 11.6 Å². The molecule has 33 heavy (non-hydrogen) atoms. The molecule has 2 N–H and O–H groups in total. The number of nitrogens with zero attached hydrogens (tertiary/aromatic N) is 2. The fourth-order valence-electron chi connectivity index (χ4n) is 3.55. The predicted octanol–water partition coefficient (Wildman–Crippen LogP) is 4.03. The van der Waals surface area contributed by atoms with Crippen LogP contribution in [0.5, 0.6) is 0 Å². The fraction of sp³-hybridized carbons (Fsp3) is 0.333. The molecule has 1 saturated carbocycles. The van der Waals surface area contributed by atoms with Crippen molar-refractivity contribution in [2.75, 3.05) is 5.32 Å².